The molecule has 1 atom stereocenters. The van der Waals surface area contributed by atoms with Crippen LogP contribution in [0.1, 0.15) is 23.7 Å². The topological polar surface area (TPSA) is 102 Å². The number of halogens is 1. The Morgan fingerprint density at radius 3 is 2.56 bits per heavy atom. The van der Waals surface area contributed by atoms with Crippen LogP contribution < -0.4 is 5.32 Å². The van der Waals surface area contributed by atoms with E-state index < -0.39 is 33.9 Å². The SMILES string of the molecule is CC1(NC(=O)COC(=O)c2cc(-c3ccc(Cl)cc3)nc3ccccc23)CCS(=O)(=O)C1. The van der Waals surface area contributed by atoms with Crippen molar-refractivity contribution in [2.75, 3.05) is 18.1 Å². The number of amides is 1. The first kappa shape index (κ1) is 22.2. The Morgan fingerprint density at radius 1 is 1.16 bits per heavy atom. The van der Waals surface area contributed by atoms with Crippen molar-refractivity contribution in [3.63, 3.8) is 0 Å². The highest BCUT2D eigenvalue weighted by Crippen LogP contribution is 2.27. The van der Waals surface area contributed by atoms with Gasteiger partial charge in [-0.3, -0.25) is 4.79 Å². The number of aromatic nitrogens is 1. The number of pyridine rings is 1. The summed E-state index contributed by atoms with van der Waals surface area (Å²) in [6.45, 7) is 1.16. The molecule has 0 spiro atoms. The fourth-order valence-corrected chi connectivity index (χ4v) is 6.02. The number of nitrogens with one attached hydrogen (secondary N) is 1. The highest BCUT2D eigenvalue weighted by molar-refractivity contribution is 7.91. The molecule has 0 radical (unpaired) electrons. The summed E-state index contributed by atoms with van der Waals surface area (Å²) in [6.07, 6.45) is 0.328. The second-order valence-electron chi connectivity index (χ2n) is 8.11. The van der Waals surface area contributed by atoms with Crippen molar-refractivity contribution < 1.29 is 22.7 Å². The fraction of sp³-hybridized carbons (Fsp3) is 0.261. The minimum atomic E-state index is -3.17. The van der Waals surface area contributed by atoms with Gasteiger partial charge in [0.2, 0.25) is 0 Å². The highest BCUT2D eigenvalue weighted by Gasteiger charge is 2.39. The number of para-hydroxylation sites is 1. The van der Waals surface area contributed by atoms with Gasteiger partial charge in [0, 0.05) is 16.0 Å². The van der Waals surface area contributed by atoms with E-state index in [2.05, 4.69) is 10.3 Å². The molecule has 0 saturated carbocycles. The van der Waals surface area contributed by atoms with Crippen LogP contribution in [0.5, 0.6) is 0 Å². The van der Waals surface area contributed by atoms with Gasteiger partial charge in [-0.05, 0) is 37.6 Å². The number of fused-ring (bicyclic) bond motifs is 1. The van der Waals surface area contributed by atoms with Crippen molar-refractivity contribution in [2.24, 2.45) is 0 Å². The van der Waals surface area contributed by atoms with Crippen molar-refractivity contribution in [1.29, 1.82) is 0 Å². The Balaban J connectivity index is 1.54. The molecule has 7 nitrogen and oxygen atoms in total. The standard InChI is InChI=1S/C23H21ClN2O5S/c1-23(10-11-32(29,30)14-23)26-21(27)13-31-22(28)18-12-20(15-6-8-16(24)9-7-15)25-19-5-3-2-4-17(18)19/h2-9,12H,10-11,13-14H2,1H3,(H,26,27). The van der Waals surface area contributed by atoms with Crippen molar-refractivity contribution in [3.8, 4) is 11.3 Å². The smallest absolute Gasteiger partial charge is 0.339 e. The van der Waals surface area contributed by atoms with Crippen LogP contribution in [0.15, 0.2) is 54.6 Å². The van der Waals surface area contributed by atoms with E-state index in [4.69, 9.17) is 16.3 Å². The second kappa shape index (κ2) is 8.52. The summed E-state index contributed by atoms with van der Waals surface area (Å²) in [5.41, 5.74) is 1.39. The van der Waals surface area contributed by atoms with E-state index in [9.17, 15) is 18.0 Å². The van der Waals surface area contributed by atoms with Crippen molar-refractivity contribution in [2.45, 2.75) is 18.9 Å². The number of carbonyl (C=O) groups excluding carboxylic acids is 2. The van der Waals surface area contributed by atoms with Crippen molar-refractivity contribution in [1.82, 2.24) is 10.3 Å². The van der Waals surface area contributed by atoms with Gasteiger partial charge in [-0.25, -0.2) is 18.2 Å². The largest absolute Gasteiger partial charge is 0.452 e. The molecule has 2 heterocycles. The van der Waals surface area contributed by atoms with Crippen LogP contribution in [0.2, 0.25) is 5.02 Å². The maximum atomic E-state index is 12.9. The molecule has 1 fully saturated rings. The quantitative estimate of drug-likeness (QED) is 0.571. The number of sulfone groups is 1. The molecule has 166 valence electrons. The van der Waals surface area contributed by atoms with E-state index in [0.717, 1.165) is 5.56 Å². The predicted octanol–water partition coefficient (Wildman–Crippen LogP) is 3.41. The van der Waals surface area contributed by atoms with E-state index in [1.54, 1.807) is 55.5 Å². The summed E-state index contributed by atoms with van der Waals surface area (Å²) >= 11 is 5.97. The minimum absolute atomic E-state index is 0.0278. The number of benzene rings is 2. The number of esters is 1. The predicted molar refractivity (Wildman–Crippen MR) is 122 cm³/mol. The molecule has 0 aliphatic carbocycles. The molecule has 1 N–H and O–H groups in total. The zero-order valence-electron chi connectivity index (χ0n) is 17.3. The lowest BCUT2D eigenvalue weighted by atomic mass is 10.0. The van der Waals surface area contributed by atoms with Crippen molar-refractivity contribution >= 4 is 44.2 Å². The Labute approximate surface area is 190 Å². The summed E-state index contributed by atoms with van der Waals surface area (Å²) in [4.78, 5) is 29.8. The monoisotopic (exact) mass is 472 g/mol. The maximum Gasteiger partial charge on any atom is 0.339 e. The van der Waals surface area contributed by atoms with Gasteiger partial charge in [-0.1, -0.05) is 41.9 Å². The van der Waals surface area contributed by atoms with Crippen LogP contribution in [0.3, 0.4) is 0 Å². The summed E-state index contributed by atoms with van der Waals surface area (Å²) in [5.74, 6) is -1.31. The lowest BCUT2D eigenvalue weighted by Crippen LogP contribution is -2.48. The number of carbonyl (C=O) groups is 2. The average Bonchev–Trinajstić information content (AvgIpc) is 3.04. The zero-order chi connectivity index (χ0) is 22.9. The van der Waals surface area contributed by atoms with Gasteiger partial charge in [-0.2, -0.15) is 0 Å². The average molecular weight is 473 g/mol. The molecule has 32 heavy (non-hydrogen) atoms. The first-order chi connectivity index (χ1) is 15.1. The maximum absolute atomic E-state index is 12.9. The van der Waals surface area contributed by atoms with Crippen LogP contribution >= 0.6 is 11.6 Å². The normalized spacial score (nSPS) is 19.6. The minimum Gasteiger partial charge on any atom is -0.452 e. The van der Waals surface area contributed by atoms with E-state index in [1.807, 2.05) is 6.07 Å². The highest BCUT2D eigenvalue weighted by atomic mass is 35.5. The van der Waals surface area contributed by atoms with E-state index in [-0.39, 0.29) is 17.1 Å². The van der Waals surface area contributed by atoms with Gasteiger partial charge in [0.15, 0.2) is 16.4 Å². The second-order valence-corrected chi connectivity index (χ2v) is 10.7. The summed E-state index contributed by atoms with van der Waals surface area (Å²) in [7, 11) is -3.17. The summed E-state index contributed by atoms with van der Waals surface area (Å²) in [5, 5.41) is 3.87. The number of ether oxygens (including phenoxy) is 1. The summed E-state index contributed by atoms with van der Waals surface area (Å²) in [6, 6.07) is 15.9. The molecular weight excluding hydrogens is 452 g/mol. The van der Waals surface area contributed by atoms with Gasteiger partial charge in [0.05, 0.1) is 33.8 Å². The first-order valence-electron chi connectivity index (χ1n) is 9.98. The third kappa shape index (κ3) is 4.92. The molecule has 2 aromatic carbocycles. The molecule has 1 aliphatic rings. The van der Waals surface area contributed by atoms with Gasteiger partial charge in [-0.15, -0.1) is 0 Å². The van der Waals surface area contributed by atoms with Crippen LogP contribution in [0, 0.1) is 0 Å². The Kier molecular flexibility index (Phi) is 5.92. The fourth-order valence-electron chi connectivity index (χ4n) is 3.80. The van der Waals surface area contributed by atoms with E-state index >= 15 is 0 Å². The number of hydrogen-bond donors (Lipinski definition) is 1. The van der Waals surface area contributed by atoms with Crippen LogP contribution in [0.25, 0.3) is 22.2 Å². The third-order valence-corrected chi connectivity index (χ3v) is 7.51. The molecule has 1 amide bonds. The van der Waals surface area contributed by atoms with Crippen molar-refractivity contribution in [3.05, 3.63) is 65.2 Å². The van der Waals surface area contributed by atoms with E-state index in [0.29, 0.717) is 28.0 Å². The molecule has 1 aliphatic heterocycles. The zero-order valence-corrected chi connectivity index (χ0v) is 18.9. The molecule has 4 rings (SSSR count). The van der Waals surface area contributed by atoms with Gasteiger partial charge in [0.25, 0.3) is 5.91 Å². The molecule has 1 saturated heterocycles. The number of rotatable bonds is 5. The first-order valence-corrected chi connectivity index (χ1v) is 12.2. The molecule has 9 heteroatoms. The molecule has 1 unspecified atom stereocenters. The molecule has 1 aromatic heterocycles. The number of nitrogens with zero attached hydrogens (tertiary/aromatic N) is 1. The van der Waals surface area contributed by atoms with Gasteiger partial charge >= 0.3 is 5.97 Å². The lowest BCUT2D eigenvalue weighted by molar-refractivity contribution is -0.125. The molecule has 0 bridgehead atoms. The molecular formula is C23H21ClN2O5S. The van der Waals surface area contributed by atoms with E-state index in [1.165, 1.54) is 0 Å². The molecule has 3 aromatic rings. The van der Waals surface area contributed by atoms with Gasteiger partial charge in [0.1, 0.15) is 0 Å². The Hall–Kier alpha value is -2.97. The Bertz CT molecular complexity index is 1310. The van der Waals surface area contributed by atoms with Gasteiger partial charge < -0.3 is 10.1 Å². The Morgan fingerprint density at radius 2 is 1.88 bits per heavy atom. The third-order valence-electron chi connectivity index (χ3n) is 5.35. The van der Waals surface area contributed by atoms with Crippen LogP contribution in [0.4, 0.5) is 0 Å². The van der Waals surface area contributed by atoms with Crippen LogP contribution in [-0.2, 0) is 19.4 Å². The lowest BCUT2D eigenvalue weighted by Gasteiger charge is -2.23. The summed E-state index contributed by atoms with van der Waals surface area (Å²) < 4.78 is 28.7. The number of hydrogen-bond acceptors (Lipinski definition) is 6. The van der Waals surface area contributed by atoms with Crippen LogP contribution in [-0.4, -0.2) is 48.9 Å².